The van der Waals surface area contributed by atoms with Gasteiger partial charge in [0.1, 0.15) is 5.75 Å². The molecule has 1 amide bonds. The number of anilines is 1. The number of nitrogens with zero attached hydrogens (tertiary/aromatic N) is 5. The van der Waals surface area contributed by atoms with Crippen molar-refractivity contribution in [2.75, 3.05) is 18.6 Å². The zero-order valence-corrected chi connectivity index (χ0v) is 17.2. The average Bonchev–Trinajstić information content (AvgIpc) is 3.53. The third-order valence-electron chi connectivity index (χ3n) is 5.54. The zero-order valence-electron chi connectivity index (χ0n) is 17.2. The largest absolute Gasteiger partial charge is 0.497 e. The highest BCUT2D eigenvalue weighted by molar-refractivity contribution is 5.96. The number of carbonyl (C=O) groups is 1. The molecule has 3 heterocycles. The van der Waals surface area contributed by atoms with Gasteiger partial charge in [-0.2, -0.15) is 10.1 Å². The topological polar surface area (TPSA) is 86.3 Å². The first-order chi connectivity index (χ1) is 15.1. The Hall–Kier alpha value is -3.94. The van der Waals surface area contributed by atoms with Crippen LogP contribution in [0.2, 0.25) is 0 Å². The molecule has 1 saturated heterocycles. The number of rotatable bonds is 5. The molecule has 1 fully saturated rings. The van der Waals surface area contributed by atoms with Crippen LogP contribution in [0.1, 0.15) is 18.2 Å². The van der Waals surface area contributed by atoms with E-state index in [-0.39, 0.29) is 11.8 Å². The fraction of sp³-hybridized carbons (Fsp3) is 0.217. The lowest BCUT2D eigenvalue weighted by molar-refractivity contribution is -0.117. The summed E-state index contributed by atoms with van der Waals surface area (Å²) in [5.41, 5.74) is 3.70. The van der Waals surface area contributed by atoms with E-state index in [1.807, 2.05) is 66.3 Å². The summed E-state index contributed by atoms with van der Waals surface area (Å²) in [4.78, 5) is 18.9. The standard InChI is InChI=1S/C23H21N5O3/c1-27-20(10-11-24-27)15-4-3-5-16(12-15)22-25-23(31-26-22)17-13-21(29)28(14-17)18-6-8-19(30-2)9-7-18/h3-12,17H,13-14H2,1-2H3/t17-/m1/s1. The third kappa shape index (κ3) is 3.56. The van der Waals surface area contributed by atoms with Crippen molar-refractivity contribution in [1.29, 1.82) is 0 Å². The molecule has 1 aliphatic rings. The van der Waals surface area contributed by atoms with Crippen molar-refractivity contribution >= 4 is 11.6 Å². The maximum Gasteiger partial charge on any atom is 0.232 e. The van der Waals surface area contributed by atoms with E-state index in [1.54, 1.807) is 18.2 Å². The van der Waals surface area contributed by atoms with Gasteiger partial charge < -0.3 is 14.2 Å². The Labute approximate surface area is 179 Å². The van der Waals surface area contributed by atoms with Crippen LogP contribution in [0, 0.1) is 0 Å². The van der Waals surface area contributed by atoms with Crippen molar-refractivity contribution in [2.24, 2.45) is 7.05 Å². The highest BCUT2D eigenvalue weighted by Crippen LogP contribution is 2.33. The molecule has 0 aliphatic carbocycles. The van der Waals surface area contributed by atoms with Crippen molar-refractivity contribution in [3.05, 3.63) is 66.7 Å². The van der Waals surface area contributed by atoms with Gasteiger partial charge in [-0.05, 0) is 36.4 Å². The minimum absolute atomic E-state index is 0.0353. The number of amides is 1. The first-order valence-electron chi connectivity index (χ1n) is 9.99. The quantitative estimate of drug-likeness (QED) is 0.494. The first-order valence-corrected chi connectivity index (χ1v) is 9.99. The minimum Gasteiger partial charge on any atom is -0.497 e. The number of aryl methyl sites for hydroxylation is 1. The van der Waals surface area contributed by atoms with Gasteiger partial charge in [0.15, 0.2) is 0 Å². The van der Waals surface area contributed by atoms with E-state index < -0.39 is 0 Å². The highest BCUT2D eigenvalue weighted by Gasteiger charge is 2.35. The predicted molar refractivity (Wildman–Crippen MR) is 115 cm³/mol. The van der Waals surface area contributed by atoms with E-state index in [4.69, 9.17) is 9.26 Å². The molecule has 0 spiro atoms. The first kappa shape index (κ1) is 19.0. The second-order valence-corrected chi connectivity index (χ2v) is 7.48. The zero-order chi connectivity index (χ0) is 21.4. The summed E-state index contributed by atoms with van der Waals surface area (Å²) in [5, 5.41) is 8.39. The molecule has 156 valence electrons. The SMILES string of the molecule is COc1ccc(N2C[C@H](c3nc(-c4cccc(-c5ccnn5C)c4)no3)CC2=O)cc1. The second kappa shape index (κ2) is 7.71. The number of ether oxygens (including phenoxy) is 1. The average molecular weight is 415 g/mol. The molecule has 2 aromatic carbocycles. The molecule has 0 saturated carbocycles. The Bertz CT molecular complexity index is 1230. The molecule has 0 radical (unpaired) electrons. The predicted octanol–water partition coefficient (Wildman–Crippen LogP) is 3.67. The maximum atomic E-state index is 12.6. The van der Waals surface area contributed by atoms with Crippen LogP contribution in [0.3, 0.4) is 0 Å². The lowest BCUT2D eigenvalue weighted by Crippen LogP contribution is -2.24. The van der Waals surface area contributed by atoms with Crippen LogP contribution in [-0.4, -0.2) is 39.5 Å². The van der Waals surface area contributed by atoms with Crippen molar-refractivity contribution < 1.29 is 14.1 Å². The van der Waals surface area contributed by atoms with Crippen molar-refractivity contribution in [3.8, 4) is 28.4 Å². The molecule has 8 nitrogen and oxygen atoms in total. The van der Waals surface area contributed by atoms with Crippen molar-refractivity contribution in [3.63, 3.8) is 0 Å². The summed E-state index contributed by atoms with van der Waals surface area (Å²) >= 11 is 0. The molecule has 31 heavy (non-hydrogen) atoms. The van der Waals surface area contributed by atoms with Crippen LogP contribution >= 0.6 is 0 Å². The van der Waals surface area contributed by atoms with Crippen LogP contribution in [0.5, 0.6) is 5.75 Å². The van der Waals surface area contributed by atoms with Gasteiger partial charge in [0.2, 0.25) is 17.6 Å². The van der Waals surface area contributed by atoms with E-state index in [2.05, 4.69) is 15.2 Å². The summed E-state index contributed by atoms with van der Waals surface area (Å²) in [6.45, 7) is 0.502. The van der Waals surface area contributed by atoms with E-state index in [0.717, 1.165) is 28.3 Å². The van der Waals surface area contributed by atoms with Gasteiger partial charge in [-0.1, -0.05) is 23.4 Å². The molecule has 0 N–H and O–H groups in total. The number of carbonyl (C=O) groups excluding carboxylic acids is 1. The Morgan fingerprint density at radius 3 is 2.65 bits per heavy atom. The van der Waals surface area contributed by atoms with Gasteiger partial charge in [-0.25, -0.2) is 0 Å². The summed E-state index contributed by atoms with van der Waals surface area (Å²) in [5.74, 6) is 1.63. The number of aromatic nitrogens is 4. The van der Waals surface area contributed by atoms with E-state index in [0.29, 0.717) is 24.7 Å². The van der Waals surface area contributed by atoms with Crippen LogP contribution in [0.4, 0.5) is 5.69 Å². The Kier molecular flexibility index (Phi) is 4.74. The van der Waals surface area contributed by atoms with Gasteiger partial charge in [-0.3, -0.25) is 9.48 Å². The smallest absolute Gasteiger partial charge is 0.232 e. The van der Waals surface area contributed by atoms with Gasteiger partial charge in [0.05, 0.1) is 18.7 Å². The van der Waals surface area contributed by atoms with Crippen LogP contribution < -0.4 is 9.64 Å². The molecule has 5 rings (SSSR count). The fourth-order valence-electron chi connectivity index (χ4n) is 3.88. The monoisotopic (exact) mass is 415 g/mol. The molecule has 8 heteroatoms. The molecule has 1 atom stereocenters. The summed E-state index contributed by atoms with van der Waals surface area (Å²) < 4.78 is 12.6. The lowest BCUT2D eigenvalue weighted by Gasteiger charge is -2.16. The van der Waals surface area contributed by atoms with Gasteiger partial charge in [0, 0.05) is 43.0 Å². The van der Waals surface area contributed by atoms with Gasteiger partial charge in [-0.15, -0.1) is 0 Å². The Morgan fingerprint density at radius 1 is 1.10 bits per heavy atom. The third-order valence-corrected chi connectivity index (χ3v) is 5.54. The number of hydrogen-bond donors (Lipinski definition) is 0. The molecule has 0 unspecified atom stereocenters. The summed E-state index contributed by atoms with van der Waals surface area (Å²) in [6, 6.07) is 17.3. The Balaban J connectivity index is 1.36. The van der Waals surface area contributed by atoms with Crippen molar-refractivity contribution in [1.82, 2.24) is 19.9 Å². The molecule has 2 aromatic heterocycles. The normalized spacial score (nSPS) is 16.1. The van der Waals surface area contributed by atoms with Crippen molar-refractivity contribution in [2.45, 2.75) is 12.3 Å². The van der Waals surface area contributed by atoms with Crippen LogP contribution in [-0.2, 0) is 11.8 Å². The Morgan fingerprint density at radius 2 is 1.90 bits per heavy atom. The van der Waals surface area contributed by atoms with E-state index in [1.165, 1.54) is 0 Å². The maximum absolute atomic E-state index is 12.6. The second-order valence-electron chi connectivity index (χ2n) is 7.48. The van der Waals surface area contributed by atoms with E-state index >= 15 is 0 Å². The lowest BCUT2D eigenvalue weighted by atomic mass is 10.1. The molecule has 4 aromatic rings. The number of benzene rings is 2. The van der Waals surface area contributed by atoms with Gasteiger partial charge >= 0.3 is 0 Å². The van der Waals surface area contributed by atoms with Gasteiger partial charge in [0.25, 0.3) is 0 Å². The number of hydrogen-bond acceptors (Lipinski definition) is 6. The number of methoxy groups -OCH3 is 1. The molecular formula is C23H21N5O3. The highest BCUT2D eigenvalue weighted by atomic mass is 16.5. The molecular weight excluding hydrogens is 394 g/mol. The summed E-state index contributed by atoms with van der Waals surface area (Å²) in [6.07, 6.45) is 2.10. The molecule has 1 aliphatic heterocycles. The van der Waals surface area contributed by atoms with E-state index in [9.17, 15) is 4.79 Å². The van der Waals surface area contributed by atoms with Crippen LogP contribution in [0.25, 0.3) is 22.6 Å². The summed E-state index contributed by atoms with van der Waals surface area (Å²) in [7, 11) is 3.52. The molecule has 0 bridgehead atoms. The van der Waals surface area contributed by atoms with Crippen LogP contribution in [0.15, 0.2) is 65.3 Å². The minimum atomic E-state index is -0.142. The fourth-order valence-corrected chi connectivity index (χ4v) is 3.88.